The van der Waals surface area contributed by atoms with Crippen molar-refractivity contribution < 1.29 is 0 Å². The zero-order valence-electron chi connectivity index (χ0n) is 9.48. The summed E-state index contributed by atoms with van der Waals surface area (Å²) in [6, 6.07) is 0. The van der Waals surface area contributed by atoms with E-state index in [4.69, 9.17) is 5.41 Å². The van der Waals surface area contributed by atoms with Crippen LogP contribution in [0.1, 0.15) is 26.3 Å². The summed E-state index contributed by atoms with van der Waals surface area (Å²) in [5.74, 6) is 0. The van der Waals surface area contributed by atoms with Crippen LogP contribution in [0.5, 0.6) is 0 Å². The minimum absolute atomic E-state index is 0.215. The maximum Gasteiger partial charge on any atom is 0.145 e. The third-order valence-electron chi connectivity index (χ3n) is 2.30. The van der Waals surface area contributed by atoms with Gasteiger partial charge in [-0.1, -0.05) is 20.8 Å². The van der Waals surface area contributed by atoms with Crippen molar-refractivity contribution in [2.24, 2.45) is 19.5 Å². The Morgan fingerprint density at radius 1 is 1.21 bits per heavy atom. The number of aromatic nitrogens is 2. The molecule has 1 aromatic heterocycles. The predicted octanol–water partition coefficient (Wildman–Crippen LogP) is 2.19. The van der Waals surface area contributed by atoms with E-state index in [2.05, 4.69) is 36.7 Å². The van der Waals surface area contributed by atoms with E-state index in [1.807, 2.05) is 23.5 Å². The highest BCUT2D eigenvalue weighted by Gasteiger charge is 2.18. The molecule has 0 atom stereocenters. The first-order valence-corrected chi connectivity index (χ1v) is 5.48. The number of nitrogens with zero attached hydrogens (tertiary/aromatic N) is 2. The second-order valence-electron chi connectivity index (χ2n) is 4.90. The summed E-state index contributed by atoms with van der Waals surface area (Å²) in [4.78, 5) is 0. The number of nitrogens with one attached hydrogen (secondary N) is 1. The van der Waals surface area contributed by atoms with E-state index in [0.717, 1.165) is 16.6 Å². The summed E-state index contributed by atoms with van der Waals surface area (Å²) in [6.45, 7) is 6.56. The predicted molar refractivity (Wildman–Crippen MR) is 61.1 cm³/mol. The molecule has 0 aliphatic heterocycles. The van der Waals surface area contributed by atoms with Crippen molar-refractivity contribution in [2.45, 2.75) is 27.2 Å². The molecule has 0 aromatic carbocycles. The molecule has 0 aliphatic carbocycles. The standard InChI is InChI=1S/C10H18BrN3/c1-10(2,3)6-7-8(11)13(4)14(5)9(7)12/h12H,6H2,1-5H3. The van der Waals surface area contributed by atoms with Crippen LogP contribution in [-0.4, -0.2) is 9.36 Å². The van der Waals surface area contributed by atoms with Gasteiger partial charge in [0.05, 0.1) is 0 Å². The molecule has 0 aliphatic rings. The van der Waals surface area contributed by atoms with E-state index in [9.17, 15) is 0 Å². The first-order valence-electron chi connectivity index (χ1n) is 4.69. The van der Waals surface area contributed by atoms with E-state index in [1.165, 1.54) is 0 Å². The quantitative estimate of drug-likeness (QED) is 0.803. The topological polar surface area (TPSA) is 33.7 Å². The van der Waals surface area contributed by atoms with Crippen molar-refractivity contribution in [3.63, 3.8) is 0 Å². The second kappa shape index (κ2) is 3.57. The molecule has 1 N–H and O–H groups in total. The molecule has 0 unspecified atom stereocenters. The number of halogens is 1. The molecule has 0 spiro atoms. The van der Waals surface area contributed by atoms with Gasteiger partial charge < -0.3 is 0 Å². The van der Waals surface area contributed by atoms with Gasteiger partial charge in [-0.25, -0.2) is 0 Å². The SMILES string of the molecule is Cn1c(Br)c(CC(C)(C)C)c(=N)n1C. The number of hydrogen-bond acceptors (Lipinski definition) is 1. The molecule has 0 bridgehead atoms. The molecule has 0 amide bonds. The van der Waals surface area contributed by atoms with E-state index < -0.39 is 0 Å². The Hall–Kier alpha value is -0.510. The summed E-state index contributed by atoms with van der Waals surface area (Å²) in [7, 11) is 3.85. The lowest BCUT2D eigenvalue weighted by Crippen LogP contribution is -2.21. The van der Waals surface area contributed by atoms with Crippen molar-refractivity contribution in [3.8, 4) is 0 Å². The Labute approximate surface area is 93.4 Å². The molecule has 0 saturated carbocycles. The summed E-state index contributed by atoms with van der Waals surface area (Å²) in [5, 5.41) is 7.95. The van der Waals surface area contributed by atoms with Crippen molar-refractivity contribution in [1.82, 2.24) is 9.36 Å². The average Bonchev–Trinajstić information content (AvgIpc) is 2.20. The normalized spacial score (nSPS) is 12.1. The fourth-order valence-corrected chi connectivity index (χ4v) is 2.02. The fraction of sp³-hybridized carbons (Fsp3) is 0.700. The first-order chi connectivity index (χ1) is 6.24. The Bertz CT molecular complexity index is 393. The van der Waals surface area contributed by atoms with Gasteiger partial charge >= 0.3 is 0 Å². The van der Waals surface area contributed by atoms with Gasteiger partial charge in [0, 0.05) is 19.7 Å². The Kier molecular flexibility index (Phi) is 2.95. The van der Waals surface area contributed by atoms with Gasteiger partial charge in [-0.05, 0) is 27.8 Å². The van der Waals surface area contributed by atoms with E-state index >= 15 is 0 Å². The molecule has 1 aromatic rings. The van der Waals surface area contributed by atoms with Crippen LogP contribution < -0.4 is 5.49 Å². The van der Waals surface area contributed by atoms with Crippen LogP contribution >= 0.6 is 15.9 Å². The van der Waals surface area contributed by atoms with E-state index in [-0.39, 0.29) is 5.41 Å². The second-order valence-corrected chi connectivity index (χ2v) is 5.65. The molecular formula is C10H18BrN3. The van der Waals surface area contributed by atoms with Crippen LogP contribution in [0.2, 0.25) is 0 Å². The molecule has 3 nitrogen and oxygen atoms in total. The van der Waals surface area contributed by atoms with Crippen LogP contribution in [-0.2, 0) is 20.5 Å². The largest absolute Gasteiger partial charge is 0.283 e. The van der Waals surface area contributed by atoms with Gasteiger partial charge in [-0.15, -0.1) is 0 Å². The molecule has 14 heavy (non-hydrogen) atoms. The lowest BCUT2D eigenvalue weighted by atomic mass is 9.89. The van der Waals surface area contributed by atoms with E-state index in [0.29, 0.717) is 5.49 Å². The summed E-state index contributed by atoms with van der Waals surface area (Å²) >= 11 is 3.53. The van der Waals surface area contributed by atoms with Gasteiger partial charge in [0.15, 0.2) is 0 Å². The van der Waals surface area contributed by atoms with Crippen molar-refractivity contribution in [1.29, 1.82) is 5.41 Å². The monoisotopic (exact) mass is 259 g/mol. The molecular weight excluding hydrogens is 242 g/mol. The Morgan fingerprint density at radius 2 is 1.71 bits per heavy atom. The zero-order chi connectivity index (χ0) is 11.1. The summed E-state index contributed by atoms with van der Waals surface area (Å²) < 4.78 is 4.80. The third kappa shape index (κ3) is 2.11. The average molecular weight is 260 g/mol. The van der Waals surface area contributed by atoms with Gasteiger partial charge in [-0.2, -0.15) is 0 Å². The molecule has 1 heterocycles. The maximum atomic E-state index is 7.95. The summed E-state index contributed by atoms with van der Waals surface area (Å²) in [6.07, 6.45) is 0.918. The molecule has 0 saturated heterocycles. The maximum absolute atomic E-state index is 7.95. The van der Waals surface area contributed by atoms with Gasteiger partial charge in [0.2, 0.25) is 0 Å². The highest BCUT2D eigenvalue weighted by Crippen LogP contribution is 2.23. The van der Waals surface area contributed by atoms with E-state index in [1.54, 1.807) is 0 Å². The number of rotatable bonds is 1. The minimum atomic E-state index is 0.215. The van der Waals surface area contributed by atoms with Crippen molar-refractivity contribution in [2.75, 3.05) is 0 Å². The van der Waals surface area contributed by atoms with Crippen LogP contribution in [0.25, 0.3) is 0 Å². The van der Waals surface area contributed by atoms with Gasteiger partial charge in [-0.3, -0.25) is 14.8 Å². The lowest BCUT2D eigenvalue weighted by Gasteiger charge is -2.16. The Balaban J connectivity index is 3.23. The van der Waals surface area contributed by atoms with Gasteiger partial charge in [0.25, 0.3) is 0 Å². The third-order valence-corrected chi connectivity index (χ3v) is 3.29. The minimum Gasteiger partial charge on any atom is -0.283 e. The van der Waals surface area contributed by atoms with Crippen molar-refractivity contribution in [3.05, 3.63) is 15.7 Å². The van der Waals surface area contributed by atoms with Crippen LogP contribution in [0.15, 0.2) is 4.60 Å². The summed E-state index contributed by atoms with van der Waals surface area (Å²) in [5.41, 5.74) is 1.89. The molecule has 0 fully saturated rings. The molecule has 80 valence electrons. The zero-order valence-corrected chi connectivity index (χ0v) is 11.1. The van der Waals surface area contributed by atoms with Crippen LogP contribution in [0.3, 0.4) is 0 Å². The smallest absolute Gasteiger partial charge is 0.145 e. The molecule has 1 rings (SSSR count). The lowest BCUT2D eigenvalue weighted by molar-refractivity contribution is 0.408. The Morgan fingerprint density at radius 3 is 2.00 bits per heavy atom. The fourth-order valence-electron chi connectivity index (χ4n) is 1.46. The molecule has 0 radical (unpaired) electrons. The van der Waals surface area contributed by atoms with Gasteiger partial charge in [0.1, 0.15) is 10.1 Å². The van der Waals surface area contributed by atoms with Crippen molar-refractivity contribution >= 4 is 15.9 Å². The van der Waals surface area contributed by atoms with Crippen LogP contribution in [0.4, 0.5) is 0 Å². The number of hydrogen-bond donors (Lipinski definition) is 1. The first kappa shape index (κ1) is 11.6. The van der Waals surface area contributed by atoms with Crippen LogP contribution in [0, 0.1) is 10.8 Å². The molecule has 4 heteroatoms. The highest BCUT2D eigenvalue weighted by molar-refractivity contribution is 9.10. The highest BCUT2D eigenvalue weighted by atomic mass is 79.9.